The molecule has 3 aromatic rings. The number of nitrogens with two attached hydrogens (primary N) is 1. The van der Waals surface area contributed by atoms with Gasteiger partial charge in [-0.2, -0.15) is 0 Å². The van der Waals surface area contributed by atoms with Gasteiger partial charge in [0.2, 0.25) is 0 Å². The minimum absolute atomic E-state index is 0.365. The highest BCUT2D eigenvalue weighted by Crippen LogP contribution is 2.24. The third-order valence-electron chi connectivity index (χ3n) is 3.54. The maximum Gasteiger partial charge on any atom is 0.104 e. The lowest BCUT2D eigenvalue weighted by molar-refractivity contribution is 0.655. The van der Waals surface area contributed by atoms with E-state index in [1.165, 1.54) is 5.56 Å². The van der Waals surface area contributed by atoms with Crippen LogP contribution in [0.5, 0.6) is 0 Å². The normalized spacial score (nSPS) is 10.9. The van der Waals surface area contributed by atoms with E-state index >= 15 is 0 Å². The number of benzene rings is 2. The van der Waals surface area contributed by atoms with Crippen molar-refractivity contribution in [1.29, 1.82) is 0 Å². The summed E-state index contributed by atoms with van der Waals surface area (Å²) in [4.78, 5) is 0. The average molecular weight is 313 g/mol. The Balaban J connectivity index is 2.02. The second-order valence-electron chi connectivity index (χ2n) is 5.24. The van der Waals surface area contributed by atoms with Gasteiger partial charge in [-0.25, -0.2) is 4.68 Å². The van der Waals surface area contributed by atoms with Crippen molar-refractivity contribution in [3.8, 4) is 11.3 Å². The molecule has 1 heterocycles. The molecule has 5 heteroatoms. The van der Waals surface area contributed by atoms with Crippen LogP contribution in [0.1, 0.15) is 16.8 Å². The van der Waals surface area contributed by atoms with Gasteiger partial charge >= 0.3 is 0 Å². The third-order valence-corrected chi connectivity index (χ3v) is 3.79. The monoisotopic (exact) mass is 312 g/mol. The van der Waals surface area contributed by atoms with E-state index in [0.29, 0.717) is 13.1 Å². The number of hydrogen-bond donors (Lipinski definition) is 1. The number of rotatable bonds is 4. The molecule has 2 aromatic carbocycles. The molecule has 0 unspecified atom stereocenters. The van der Waals surface area contributed by atoms with Crippen molar-refractivity contribution in [2.75, 3.05) is 0 Å². The van der Waals surface area contributed by atoms with Gasteiger partial charge in [-0.3, -0.25) is 0 Å². The molecule has 22 heavy (non-hydrogen) atoms. The summed E-state index contributed by atoms with van der Waals surface area (Å²) in [6.45, 7) is 3.07. The fourth-order valence-electron chi connectivity index (χ4n) is 2.47. The Bertz CT molecular complexity index is 778. The topological polar surface area (TPSA) is 56.7 Å². The van der Waals surface area contributed by atoms with E-state index < -0.39 is 0 Å². The predicted molar refractivity (Wildman–Crippen MR) is 88.6 cm³/mol. The highest BCUT2D eigenvalue weighted by Gasteiger charge is 2.14. The Labute approximate surface area is 134 Å². The van der Waals surface area contributed by atoms with Gasteiger partial charge < -0.3 is 5.73 Å². The summed E-state index contributed by atoms with van der Waals surface area (Å²) in [5.74, 6) is 0. The minimum atomic E-state index is 0.365. The van der Waals surface area contributed by atoms with Crippen molar-refractivity contribution >= 4 is 11.6 Å². The van der Waals surface area contributed by atoms with E-state index in [4.69, 9.17) is 17.3 Å². The quantitative estimate of drug-likeness (QED) is 0.803. The first-order chi connectivity index (χ1) is 10.7. The maximum absolute atomic E-state index is 5.93. The van der Waals surface area contributed by atoms with Gasteiger partial charge in [-0.1, -0.05) is 52.7 Å². The fourth-order valence-corrected chi connectivity index (χ4v) is 2.59. The summed E-state index contributed by atoms with van der Waals surface area (Å²) in [6, 6.07) is 16.0. The van der Waals surface area contributed by atoms with Crippen molar-refractivity contribution in [2.45, 2.75) is 20.0 Å². The first-order valence-electron chi connectivity index (χ1n) is 7.11. The molecule has 2 N–H and O–H groups in total. The van der Waals surface area contributed by atoms with Crippen LogP contribution in [0, 0.1) is 6.92 Å². The zero-order valence-corrected chi connectivity index (χ0v) is 13.1. The van der Waals surface area contributed by atoms with Crippen LogP contribution < -0.4 is 5.73 Å². The molecule has 0 fully saturated rings. The standard InChI is InChI=1S/C17H17ClN4/c1-12-3-2-4-14(9-12)17-16(10-19)20-21-22(17)11-13-5-7-15(18)8-6-13/h2-9H,10-11,19H2,1H3. The van der Waals surface area contributed by atoms with E-state index in [-0.39, 0.29) is 0 Å². The molecule has 0 spiro atoms. The predicted octanol–water partition coefficient (Wildman–Crippen LogP) is 3.41. The van der Waals surface area contributed by atoms with Gasteiger partial charge in [0.1, 0.15) is 5.69 Å². The molecule has 0 amide bonds. The third kappa shape index (κ3) is 3.03. The van der Waals surface area contributed by atoms with Crippen LogP contribution in [0.15, 0.2) is 48.5 Å². The summed E-state index contributed by atoms with van der Waals surface area (Å²) in [7, 11) is 0. The molecule has 4 nitrogen and oxygen atoms in total. The largest absolute Gasteiger partial charge is 0.325 e. The average Bonchev–Trinajstić information content (AvgIpc) is 2.92. The smallest absolute Gasteiger partial charge is 0.104 e. The second-order valence-corrected chi connectivity index (χ2v) is 5.68. The van der Waals surface area contributed by atoms with Crippen LogP contribution in [0.25, 0.3) is 11.3 Å². The van der Waals surface area contributed by atoms with Crippen molar-refractivity contribution in [1.82, 2.24) is 15.0 Å². The van der Waals surface area contributed by atoms with Gasteiger partial charge in [0, 0.05) is 17.1 Å². The van der Waals surface area contributed by atoms with Gasteiger partial charge in [-0.15, -0.1) is 5.10 Å². The molecule has 0 aliphatic carbocycles. The molecule has 0 bridgehead atoms. The minimum Gasteiger partial charge on any atom is -0.325 e. The Morgan fingerprint density at radius 2 is 1.91 bits per heavy atom. The van der Waals surface area contributed by atoms with Crippen LogP contribution >= 0.6 is 11.6 Å². The maximum atomic E-state index is 5.93. The van der Waals surface area contributed by atoms with E-state index in [0.717, 1.165) is 27.5 Å². The van der Waals surface area contributed by atoms with Gasteiger partial charge in [0.15, 0.2) is 0 Å². The Morgan fingerprint density at radius 3 is 2.59 bits per heavy atom. The lowest BCUT2D eigenvalue weighted by atomic mass is 10.1. The van der Waals surface area contributed by atoms with Crippen molar-refractivity contribution in [2.24, 2.45) is 5.73 Å². The zero-order chi connectivity index (χ0) is 15.5. The number of halogens is 1. The molecular weight excluding hydrogens is 296 g/mol. The van der Waals surface area contributed by atoms with E-state index in [9.17, 15) is 0 Å². The van der Waals surface area contributed by atoms with Crippen LogP contribution in [0.2, 0.25) is 5.02 Å². The summed E-state index contributed by atoms with van der Waals surface area (Å²) < 4.78 is 1.89. The van der Waals surface area contributed by atoms with Gasteiger partial charge in [0.25, 0.3) is 0 Å². The van der Waals surface area contributed by atoms with Crippen LogP contribution in [-0.2, 0) is 13.1 Å². The number of nitrogens with zero attached hydrogens (tertiary/aromatic N) is 3. The second kappa shape index (κ2) is 6.30. The van der Waals surface area contributed by atoms with Crippen LogP contribution in [-0.4, -0.2) is 15.0 Å². The molecular formula is C17H17ClN4. The van der Waals surface area contributed by atoms with Gasteiger partial charge in [0.05, 0.1) is 12.2 Å². The van der Waals surface area contributed by atoms with Crippen LogP contribution in [0.4, 0.5) is 0 Å². The van der Waals surface area contributed by atoms with Crippen molar-refractivity contribution in [3.63, 3.8) is 0 Å². The summed E-state index contributed by atoms with van der Waals surface area (Å²) in [5.41, 5.74) is 11.0. The number of aromatic nitrogens is 3. The highest BCUT2D eigenvalue weighted by atomic mass is 35.5. The lowest BCUT2D eigenvalue weighted by Crippen LogP contribution is -2.05. The highest BCUT2D eigenvalue weighted by molar-refractivity contribution is 6.30. The fraction of sp³-hybridized carbons (Fsp3) is 0.176. The van der Waals surface area contributed by atoms with E-state index in [1.807, 2.05) is 35.0 Å². The SMILES string of the molecule is Cc1cccc(-c2c(CN)nnn2Cc2ccc(Cl)cc2)c1. The molecule has 1 aromatic heterocycles. The molecule has 0 radical (unpaired) electrons. The molecule has 0 saturated carbocycles. The van der Waals surface area contributed by atoms with E-state index in [2.05, 4.69) is 35.4 Å². The number of aryl methyl sites for hydroxylation is 1. The molecule has 0 aliphatic rings. The molecule has 0 saturated heterocycles. The Morgan fingerprint density at radius 1 is 1.14 bits per heavy atom. The Kier molecular flexibility index (Phi) is 4.22. The number of hydrogen-bond acceptors (Lipinski definition) is 3. The van der Waals surface area contributed by atoms with Crippen molar-refractivity contribution in [3.05, 3.63) is 70.4 Å². The molecule has 0 aliphatic heterocycles. The summed E-state index contributed by atoms with van der Waals surface area (Å²) in [5, 5.41) is 9.21. The first kappa shape index (κ1) is 14.8. The molecule has 0 atom stereocenters. The molecule has 3 rings (SSSR count). The molecule has 112 valence electrons. The van der Waals surface area contributed by atoms with Gasteiger partial charge in [-0.05, 0) is 30.7 Å². The van der Waals surface area contributed by atoms with Crippen molar-refractivity contribution < 1.29 is 0 Å². The first-order valence-corrected chi connectivity index (χ1v) is 7.49. The Hall–Kier alpha value is -2.17. The lowest BCUT2D eigenvalue weighted by Gasteiger charge is -2.09. The zero-order valence-electron chi connectivity index (χ0n) is 12.3. The van der Waals surface area contributed by atoms with Crippen LogP contribution in [0.3, 0.4) is 0 Å². The van der Waals surface area contributed by atoms with E-state index in [1.54, 1.807) is 0 Å². The summed E-state index contributed by atoms with van der Waals surface area (Å²) in [6.07, 6.45) is 0. The summed E-state index contributed by atoms with van der Waals surface area (Å²) >= 11 is 5.93.